The van der Waals surface area contributed by atoms with Crippen LogP contribution in [0.3, 0.4) is 0 Å². The van der Waals surface area contributed by atoms with E-state index in [0.717, 1.165) is 36.8 Å². The first-order chi connectivity index (χ1) is 10.7. The number of hydrogen-bond donors (Lipinski definition) is 0. The highest BCUT2D eigenvalue weighted by molar-refractivity contribution is 5.77. The van der Waals surface area contributed by atoms with E-state index in [2.05, 4.69) is 6.92 Å². The molecule has 1 heterocycles. The standard InChI is InChI=1S/C17H24O5/c1-5-6-7-8-12-15-11(10-14(18)22-12)9-13(19-2)16(20-3)17(15)21-4/h9,12H,5-8,10H2,1-4H3. The summed E-state index contributed by atoms with van der Waals surface area (Å²) in [6, 6.07) is 1.85. The van der Waals surface area contributed by atoms with E-state index >= 15 is 0 Å². The number of fused-ring (bicyclic) bond motifs is 1. The summed E-state index contributed by atoms with van der Waals surface area (Å²) < 4.78 is 21.9. The third-order valence-corrected chi connectivity index (χ3v) is 3.95. The maximum Gasteiger partial charge on any atom is 0.310 e. The third kappa shape index (κ3) is 3.13. The molecule has 1 atom stereocenters. The lowest BCUT2D eigenvalue weighted by Gasteiger charge is -2.29. The predicted octanol–water partition coefficient (Wildman–Crippen LogP) is 3.43. The number of methoxy groups -OCH3 is 3. The predicted molar refractivity (Wildman–Crippen MR) is 82.8 cm³/mol. The molecule has 1 aliphatic rings. The molecule has 0 aromatic heterocycles. The van der Waals surface area contributed by atoms with Gasteiger partial charge in [0, 0.05) is 5.56 Å². The van der Waals surface area contributed by atoms with E-state index in [1.807, 2.05) is 6.07 Å². The van der Waals surface area contributed by atoms with Crippen LogP contribution in [0.2, 0.25) is 0 Å². The molecular weight excluding hydrogens is 284 g/mol. The minimum Gasteiger partial charge on any atom is -0.493 e. The molecule has 0 amide bonds. The lowest BCUT2D eigenvalue weighted by molar-refractivity contribution is -0.150. The average Bonchev–Trinajstić information content (AvgIpc) is 2.52. The normalized spacial score (nSPS) is 16.7. The van der Waals surface area contributed by atoms with Gasteiger partial charge in [0.1, 0.15) is 6.10 Å². The van der Waals surface area contributed by atoms with Crippen molar-refractivity contribution in [2.45, 2.75) is 45.1 Å². The molecule has 0 radical (unpaired) electrons. The van der Waals surface area contributed by atoms with Crippen LogP contribution >= 0.6 is 0 Å². The summed E-state index contributed by atoms with van der Waals surface area (Å²) in [6.45, 7) is 2.15. The van der Waals surface area contributed by atoms with Gasteiger partial charge in [-0.1, -0.05) is 19.8 Å². The Balaban J connectivity index is 2.47. The molecule has 22 heavy (non-hydrogen) atoms. The smallest absolute Gasteiger partial charge is 0.310 e. The number of unbranched alkanes of at least 4 members (excludes halogenated alkanes) is 2. The molecule has 122 valence electrons. The van der Waals surface area contributed by atoms with E-state index in [1.165, 1.54) is 0 Å². The molecule has 1 unspecified atom stereocenters. The number of esters is 1. The molecular formula is C17H24O5. The lowest BCUT2D eigenvalue weighted by atomic mass is 9.92. The van der Waals surface area contributed by atoms with Crippen molar-refractivity contribution in [2.75, 3.05) is 21.3 Å². The Hall–Kier alpha value is -1.91. The zero-order chi connectivity index (χ0) is 16.1. The summed E-state index contributed by atoms with van der Waals surface area (Å²) in [7, 11) is 4.74. The summed E-state index contributed by atoms with van der Waals surface area (Å²) in [5, 5.41) is 0. The lowest BCUT2D eigenvalue weighted by Crippen LogP contribution is -2.22. The topological polar surface area (TPSA) is 54.0 Å². The Labute approximate surface area is 131 Å². The summed E-state index contributed by atoms with van der Waals surface area (Å²) in [6.07, 6.45) is 3.98. The molecule has 2 rings (SSSR count). The summed E-state index contributed by atoms with van der Waals surface area (Å²) >= 11 is 0. The number of hydrogen-bond acceptors (Lipinski definition) is 5. The van der Waals surface area contributed by atoms with Gasteiger partial charge in [-0.15, -0.1) is 0 Å². The van der Waals surface area contributed by atoms with Gasteiger partial charge < -0.3 is 18.9 Å². The number of carbonyl (C=O) groups excluding carboxylic acids is 1. The van der Waals surface area contributed by atoms with E-state index in [4.69, 9.17) is 18.9 Å². The fourth-order valence-electron chi connectivity index (χ4n) is 2.93. The van der Waals surface area contributed by atoms with Crippen LogP contribution in [0.15, 0.2) is 6.07 Å². The first kappa shape index (κ1) is 16.5. The van der Waals surface area contributed by atoms with Crippen LogP contribution in [0.1, 0.15) is 49.8 Å². The van der Waals surface area contributed by atoms with Crippen molar-refractivity contribution in [3.63, 3.8) is 0 Å². The Kier molecular flexibility index (Phi) is 5.52. The van der Waals surface area contributed by atoms with Crippen LogP contribution in [0.25, 0.3) is 0 Å². The van der Waals surface area contributed by atoms with Crippen molar-refractivity contribution in [1.82, 2.24) is 0 Å². The molecule has 0 saturated heterocycles. The summed E-state index contributed by atoms with van der Waals surface area (Å²) in [5.41, 5.74) is 1.81. The van der Waals surface area contributed by atoms with Gasteiger partial charge in [-0.25, -0.2) is 0 Å². The Morgan fingerprint density at radius 2 is 1.86 bits per heavy atom. The fourth-order valence-corrected chi connectivity index (χ4v) is 2.93. The molecule has 5 nitrogen and oxygen atoms in total. The van der Waals surface area contributed by atoms with Crippen LogP contribution in [0.4, 0.5) is 0 Å². The zero-order valence-corrected chi connectivity index (χ0v) is 13.7. The monoisotopic (exact) mass is 308 g/mol. The Morgan fingerprint density at radius 1 is 1.14 bits per heavy atom. The van der Waals surface area contributed by atoms with Crippen molar-refractivity contribution >= 4 is 5.97 Å². The molecule has 5 heteroatoms. The SMILES string of the molecule is CCCCCC1OC(=O)Cc2cc(OC)c(OC)c(OC)c21. The second kappa shape index (κ2) is 7.38. The number of carbonyl (C=O) groups is 1. The van der Waals surface area contributed by atoms with E-state index in [-0.39, 0.29) is 18.5 Å². The number of benzene rings is 1. The molecule has 0 fully saturated rings. The van der Waals surface area contributed by atoms with Gasteiger partial charge in [-0.2, -0.15) is 0 Å². The van der Waals surface area contributed by atoms with Gasteiger partial charge in [0.15, 0.2) is 11.5 Å². The van der Waals surface area contributed by atoms with Crippen molar-refractivity contribution in [3.8, 4) is 17.2 Å². The average molecular weight is 308 g/mol. The third-order valence-electron chi connectivity index (χ3n) is 3.95. The molecule has 1 aromatic carbocycles. The van der Waals surface area contributed by atoms with Gasteiger partial charge in [-0.05, 0) is 24.5 Å². The second-order valence-corrected chi connectivity index (χ2v) is 5.37. The van der Waals surface area contributed by atoms with E-state index in [9.17, 15) is 4.79 Å². The summed E-state index contributed by atoms with van der Waals surface area (Å²) in [5.74, 6) is 1.51. The molecule has 0 spiro atoms. The van der Waals surface area contributed by atoms with E-state index < -0.39 is 0 Å². The van der Waals surface area contributed by atoms with Crippen molar-refractivity contribution in [1.29, 1.82) is 0 Å². The zero-order valence-electron chi connectivity index (χ0n) is 13.7. The summed E-state index contributed by atoms with van der Waals surface area (Å²) in [4.78, 5) is 11.9. The highest BCUT2D eigenvalue weighted by atomic mass is 16.6. The van der Waals surface area contributed by atoms with Gasteiger partial charge >= 0.3 is 5.97 Å². The van der Waals surface area contributed by atoms with Crippen LogP contribution in [-0.2, 0) is 16.0 Å². The van der Waals surface area contributed by atoms with Crippen molar-refractivity contribution in [3.05, 3.63) is 17.2 Å². The molecule has 0 bridgehead atoms. The van der Waals surface area contributed by atoms with E-state index in [0.29, 0.717) is 17.2 Å². The van der Waals surface area contributed by atoms with Gasteiger partial charge in [0.2, 0.25) is 5.75 Å². The highest BCUT2D eigenvalue weighted by Crippen LogP contribution is 2.48. The first-order valence-corrected chi connectivity index (χ1v) is 7.67. The van der Waals surface area contributed by atoms with E-state index in [1.54, 1.807) is 21.3 Å². The fraction of sp³-hybridized carbons (Fsp3) is 0.588. The number of rotatable bonds is 7. The van der Waals surface area contributed by atoms with Gasteiger partial charge in [-0.3, -0.25) is 4.79 Å². The van der Waals surface area contributed by atoms with Crippen LogP contribution in [0.5, 0.6) is 17.2 Å². The van der Waals surface area contributed by atoms with Gasteiger partial charge in [0.25, 0.3) is 0 Å². The van der Waals surface area contributed by atoms with Crippen LogP contribution < -0.4 is 14.2 Å². The highest BCUT2D eigenvalue weighted by Gasteiger charge is 2.33. The van der Waals surface area contributed by atoms with Crippen molar-refractivity contribution < 1.29 is 23.7 Å². The molecule has 1 aromatic rings. The number of ether oxygens (including phenoxy) is 4. The Bertz CT molecular complexity index is 538. The minimum absolute atomic E-state index is 0.205. The number of cyclic esters (lactones) is 1. The van der Waals surface area contributed by atoms with Crippen LogP contribution in [-0.4, -0.2) is 27.3 Å². The maximum absolute atomic E-state index is 11.9. The van der Waals surface area contributed by atoms with Crippen LogP contribution in [0, 0.1) is 0 Å². The van der Waals surface area contributed by atoms with Crippen molar-refractivity contribution in [2.24, 2.45) is 0 Å². The molecule has 1 aliphatic heterocycles. The first-order valence-electron chi connectivity index (χ1n) is 7.67. The minimum atomic E-state index is -0.280. The largest absolute Gasteiger partial charge is 0.493 e. The molecule has 0 N–H and O–H groups in total. The second-order valence-electron chi connectivity index (χ2n) is 5.37. The quantitative estimate of drug-likeness (QED) is 0.570. The molecule has 0 aliphatic carbocycles. The van der Waals surface area contributed by atoms with Gasteiger partial charge in [0.05, 0.1) is 27.8 Å². The Morgan fingerprint density at radius 3 is 2.45 bits per heavy atom. The molecule has 0 saturated carbocycles. The maximum atomic E-state index is 11.9.